The van der Waals surface area contributed by atoms with Crippen molar-refractivity contribution in [2.75, 3.05) is 12.3 Å². The number of carbonyl (C=O) groups excluding carboxylic acids is 1. The number of hydrogen-bond donors (Lipinski definition) is 2. The molecule has 0 heterocycles. The van der Waals surface area contributed by atoms with Gasteiger partial charge in [-0.1, -0.05) is 39.2 Å². The molecule has 0 saturated carbocycles. The summed E-state index contributed by atoms with van der Waals surface area (Å²) >= 11 is 0. The molecule has 0 radical (unpaired) electrons. The number of rotatable bonds is 9. The highest BCUT2D eigenvalue weighted by atomic mass is 16.5. The monoisotopic (exact) mass is 278 g/mol. The molecule has 1 aromatic rings. The number of ether oxygens (including phenoxy) is 1. The van der Waals surface area contributed by atoms with Crippen LogP contribution in [0.2, 0.25) is 0 Å². The van der Waals surface area contributed by atoms with Gasteiger partial charge < -0.3 is 15.8 Å². The molecule has 0 saturated heterocycles. The van der Waals surface area contributed by atoms with Crippen molar-refractivity contribution in [3.63, 3.8) is 0 Å². The lowest BCUT2D eigenvalue weighted by Crippen LogP contribution is -2.37. The minimum Gasteiger partial charge on any atom is -0.484 e. The van der Waals surface area contributed by atoms with Crippen LogP contribution in [0.15, 0.2) is 24.3 Å². The predicted octanol–water partition coefficient (Wildman–Crippen LogP) is 3.12. The zero-order valence-electron chi connectivity index (χ0n) is 12.5. The largest absolute Gasteiger partial charge is 0.484 e. The maximum absolute atomic E-state index is 11.9. The third-order valence-corrected chi connectivity index (χ3v) is 3.14. The van der Waals surface area contributed by atoms with E-state index in [-0.39, 0.29) is 18.6 Å². The molecule has 3 N–H and O–H groups in total. The molecular formula is C16H26N2O2. The van der Waals surface area contributed by atoms with Gasteiger partial charge in [-0.05, 0) is 25.0 Å². The van der Waals surface area contributed by atoms with Crippen LogP contribution in [0.25, 0.3) is 0 Å². The molecule has 20 heavy (non-hydrogen) atoms. The van der Waals surface area contributed by atoms with Gasteiger partial charge in [0.05, 0.1) is 0 Å². The van der Waals surface area contributed by atoms with E-state index in [9.17, 15) is 4.79 Å². The van der Waals surface area contributed by atoms with Crippen LogP contribution in [-0.2, 0) is 4.79 Å². The van der Waals surface area contributed by atoms with E-state index in [1.807, 2.05) is 6.07 Å². The molecule has 1 atom stereocenters. The lowest BCUT2D eigenvalue weighted by Gasteiger charge is -2.18. The third kappa shape index (κ3) is 6.45. The van der Waals surface area contributed by atoms with Crippen LogP contribution in [0, 0.1) is 0 Å². The van der Waals surface area contributed by atoms with E-state index in [1.165, 1.54) is 0 Å². The minimum atomic E-state index is -0.0676. The molecule has 1 unspecified atom stereocenters. The Kier molecular flexibility index (Phi) is 7.55. The maximum atomic E-state index is 11.9. The fourth-order valence-electron chi connectivity index (χ4n) is 2.11. The normalized spacial score (nSPS) is 11.9. The first-order valence-electron chi connectivity index (χ1n) is 7.43. The number of hydrogen-bond acceptors (Lipinski definition) is 3. The summed E-state index contributed by atoms with van der Waals surface area (Å²) in [5, 5.41) is 3.04. The van der Waals surface area contributed by atoms with Crippen molar-refractivity contribution >= 4 is 11.6 Å². The van der Waals surface area contributed by atoms with E-state index >= 15 is 0 Å². The van der Waals surface area contributed by atoms with Gasteiger partial charge in [0.2, 0.25) is 0 Å². The van der Waals surface area contributed by atoms with E-state index in [2.05, 4.69) is 19.2 Å². The molecule has 1 amide bonds. The minimum absolute atomic E-state index is 0.0375. The number of carbonyl (C=O) groups is 1. The molecule has 4 heteroatoms. The van der Waals surface area contributed by atoms with Gasteiger partial charge in [-0.15, -0.1) is 0 Å². The van der Waals surface area contributed by atoms with Crippen molar-refractivity contribution in [2.24, 2.45) is 0 Å². The second-order valence-corrected chi connectivity index (χ2v) is 5.06. The zero-order valence-corrected chi connectivity index (χ0v) is 12.5. The fourth-order valence-corrected chi connectivity index (χ4v) is 2.11. The first-order valence-corrected chi connectivity index (χ1v) is 7.43. The first-order chi connectivity index (χ1) is 9.65. The highest BCUT2D eigenvalue weighted by Crippen LogP contribution is 2.14. The van der Waals surface area contributed by atoms with Crippen LogP contribution in [0.5, 0.6) is 5.75 Å². The second-order valence-electron chi connectivity index (χ2n) is 5.06. The number of amides is 1. The van der Waals surface area contributed by atoms with Crippen LogP contribution in [0.4, 0.5) is 5.69 Å². The zero-order chi connectivity index (χ0) is 14.8. The molecular weight excluding hydrogens is 252 g/mol. The first kappa shape index (κ1) is 16.3. The van der Waals surface area contributed by atoms with Crippen LogP contribution in [0.3, 0.4) is 0 Å². The Morgan fingerprint density at radius 3 is 2.75 bits per heavy atom. The van der Waals surface area contributed by atoms with Crippen molar-refractivity contribution in [1.82, 2.24) is 5.32 Å². The Bertz CT molecular complexity index is 407. The highest BCUT2D eigenvalue weighted by molar-refractivity contribution is 5.77. The van der Waals surface area contributed by atoms with Gasteiger partial charge >= 0.3 is 0 Å². The molecule has 0 fully saturated rings. The van der Waals surface area contributed by atoms with Crippen LogP contribution in [-0.4, -0.2) is 18.6 Å². The van der Waals surface area contributed by atoms with E-state index in [4.69, 9.17) is 10.5 Å². The molecule has 0 bridgehead atoms. The van der Waals surface area contributed by atoms with Crippen molar-refractivity contribution < 1.29 is 9.53 Å². The fraction of sp³-hybridized carbons (Fsp3) is 0.562. The maximum Gasteiger partial charge on any atom is 0.258 e. The van der Waals surface area contributed by atoms with Gasteiger partial charge in [-0.3, -0.25) is 4.79 Å². The van der Waals surface area contributed by atoms with Crippen LogP contribution < -0.4 is 15.8 Å². The Balaban J connectivity index is 2.37. The summed E-state index contributed by atoms with van der Waals surface area (Å²) in [6.07, 6.45) is 5.42. The number of anilines is 1. The summed E-state index contributed by atoms with van der Waals surface area (Å²) in [7, 11) is 0. The molecule has 0 aliphatic heterocycles. The van der Waals surface area contributed by atoms with Gasteiger partial charge in [0.1, 0.15) is 5.75 Å². The van der Waals surface area contributed by atoms with E-state index in [0.717, 1.165) is 32.1 Å². The third-order valence-electron chi connectivity index (χ3n) is 3.14. The molecule has 4 nitrogen and oxygen atoms in total. The van der Waals surface area contributed by atoms with E-state index in [0.29, 0.717) is 11.4 Å². The Labute approximate surface area is 121 Å². The van der Waals surface area contributed by atoms with Crippen molar-refractivity contribution in [3.8, 4) is 5.75 Å². The smallest absolute Gasteiger partial charge is 0.258 e. The Morgan fingerprint density at radius 2 is 2.10 bits per heavy atom. The SMILES string of the molecule is CCCCC(CCC)NC(=O)COc1cccc(N)c1. The quantitative estimate of drug-likeness (QED) is 0.682. The van der Waals surface area contributed by atoms with Gasteiger partial charge in [0, 0.05) is 17.8 Å². The lowest BCUT2D eigenvalue weighted by molar-refractivity contribution is -0.123. The summed E-state index contributed by atoms with van der Waals surface area (Å²) in [6, 6.07) is 7.37. The van der Waals surface area contributed by atoms with Gasteiger partial charge in [0.15, 0.2) is 6.61 Å². The number of nitrogens with two attached hydrogens (primary N) is 1. The van der Waals surface area contributed by atoms with Gasteiger partial charge in [-0.25, -0.2) is 0 Å². The van der Waals surface area contributed by atoms with Crippen molar-refractivity contribution in [1.29, 1.82) is 0 Å². The Hall–Kier alpha value is -1.71. The topological polar surface area (TPSA) is 64.3 Å². The summed E-state index contributed by atoms with van der Waals surface area (Å²) in [6.45, 7) is 4.33. The number of unbranched alkanes of at least 4 members (excludes halogenated alkanes) is 1. The summed E-state index contributed by atoms with van der Waals surface area (Å²) < 4.78 is 5.44. The van der Waals surface area contributed by atoms with Crippen LogP contribution >= 0.6 is 0 Å². The number of nitrogens with one attached hydrogen (secondary N) is 1. The van der Waals surface area contributed by atoms with Gasteiger partial charge in [0.25, 0.3) is 5.91 Å². The average Bonchev–Trinajstić information content (AvgIpc) is 2.43. The summed E-state index contributed by atoms with van der Waals surface area (Å²) in [5.41, 5.74) is 6.29. The molecule has 0 aliphatic rings. The predicted molar refractivity (Wildman–Crippen MR) is 82.7 cm³/mol. The molecule has 1 rings (SSSR count). The van der Waals surface area contributed by atoms with Crippen molar-refractivity contribution in [2.45, 2.75) is 52.0 Å². The molecule has 112 valence electrons. The van der Waals surface area contributed by atoms with E-state index < -0.39 is 0 Å². The molecule has 0 aromatic heterocycles. The molecule has 0 aliphatic carbocycles. The van der Waals surface area contributed by atoms with Crippen LogP contribution in [0.1, 0.15) is 46.0 Å². The summed E-state index contributed by atoms with van der Waals surface area (Å²) in [4.78, 5) is 11.9. The van der Waals surface area contributed by atoms with Gasteiger partial charge in [-0.2, -0.15) is 0 Å². The number of benzene rings is 1. The lowest BCUT2D eigenvalue weighted by atomic mass is 10.1. The van der Waals surface area contributed by atoms with E-state index in [1.54, 1.807) is 18.2 Å². The Morgan fingerprint density at radius 1 is 1.30 bits per heavy atom. The standard InChI is InChI=1S/C16H26N2O2/c1-3-5-9-14(7-4-2)18-16(19)12-20-15-10-6-8-13(17)11-15/h6,8,10-11,14H,3-5,7,9,12,17H2,1-2H3,(H,18,19). The molecule has 1 aromatic carbocycles. The number of nitrogen functional groups attached to an aromatic ring is 1. The summed E-state index contributed by atoms with van der Waals surface area (Å²) in [5.74, 6) is 0.558. The molecule has 0 spiro atoms. The average molecular weight is 278 g/mol. The highest BCUT2D eigenvalue weighted by Gasteiger charge is 2.11. The second kappa shape index (κ2) is 9.23. The van der Waals surface area contributed by atoms with Crippen molar-refractivity contribution in [3.05, 3.63) is 24.3 Å².